The van der Waals surface area contributed by atoms with Crippen LogP contribution in [0.4, 0.5) is 4.39 Å². The van der Waals surface area contributed by atoms with Gasteiger partial charge in [0.25, 0.3) is 0 Å². The van der Waals surface area contributed by atoms with Crippen LogP contribution in [0.2, 0.25) is 0 Å². The first-order valence-corrected chi connectivity index (χ1v) is 5.86. The van der Waals surface area contributed by atoms with Gasteiger partial charge in [0, 0.05) is 6.54 Å². The van der Waals surface area contributed by atoms with Crippen molar-refractivity contribution in [3.8, 4) is 5.75 Å². The second kappa shape index (κ2) is 5.65. The Bertz CT molecular complexity index is 540. The lowest BCUT2D eigenvalue weighted by Crippen LogP contribution is -2.02. The minimum atomic E-state index is -0.339. The second-order valence-electron chi connectivity index (χ2n) is 4.18. The molecule has 0 amide bonds. The molecule has 2 nitrogen and oxygen atoms in total. The first-order chi connectivity index (χ1) is 8.70. The van der Waals surface area contributed by atoms with E-state index in [-0.39, 0.29) is 11.6 Å². The van der Waals surface area contributed by atoms with E-state index in [0.29, 0.717) is 13.2 Å². The molecule has 94 valence electrons. The summed E-state index contributed by atoms with van der Waals surface area (Å²) in [5, 5.41) is 0. The predicted octanol–water partition coefficient (Wildman–Crippen LogP) is 3.17. The molecule has 0 atom stereocenters. The molecule has 0 saturated carbocycles. The molecule has 2 N–H and O–H groups in total. The highest BCUT2D eigenvalue weighted by Gasteiger charge is 2.04. The van der Waals surface area contributed by atoms with E-state index < -0.39 is 0 Å². The van der Waals surface area contributed by atoms with Crippen molar-refractivity contribution in [3.05, 3.63) is 65.0 Å². The monoisotopic (exact) mass is 245 g/mol. The van der Waals surface area contributed by atoms with E-state index in [9.17, 15) is 4.39 Å². The molecule has 0 fully saturated rings. The normalized spacial score (nSPS) is 10.4. The standard InChI is InChI=1S/C15H16FNO/c1-11-8-12(9-17)6-7-13(11)10-18-15-5-3-2-4-14(15)16/h2-8H,9-10,17H2,1H3. The maximum Gasteiger partial charge on any atom is 0.165 e. The van der Waals surface area contributed by atoms with Gasteiger partial charge in [0.15, 0.2) is 11.6 Å². The maximum absolute atomic E-state index is 13.4. The molecule has 0 aliphatic rings. The molecule has 0 radical (unpaired) electrons. The third-order valence-electron chi connectivity index (χ3n) is 2.86. The molecular formula is C15H16FNO. The van der Waals surface area contributed by atoms with Crippen molar-refractivity contribution in [1.29, 1.82) is 0 Å². The first-order valence-electron chi connectivity index (χ1n) is 5.86. The molecular weight excluding hydrogens is 229 g/mol. The van der Waals surface area contributed by atoms with E-state index in [0.717, 1.165) is 16.7 Å². The van der Waals surface area contributed by atoms with Gasteiger partial charge in [-0.3, -0.25) is 0 Å². The van der Waals surface area contributed by atoms with E-state index >= 15 is 0 Å². The van der Waals surface area contributed by atoms with Crippen molar-refractivity contribution in [2.24, 2.45) is 5.73 Å². The summed E-state index contributed by atoms with van der Waals surface area (Å²) < 4.78 is 18.8. The molecule has 0 unspecified atom stereocenters. The van der Waals surface area contributed by atoms with Crippen LogP contribution >= 0.6 is 0 Å². The summed E-state index contributed by atoms with van der Waals surface area (Å²) in [6.07, 6.45) is 0. The molecule has 0 spiro atoms. The van der Waals surface area contributed by atoms with Gasteiger partial charge in [0.05, 0.1) is 0 Å². The number of aryl methyl sites for hydroxylation is 1. The summed E-state index contributed by atoms with van der Waals surface area (Å²) in [6, 6.07) is 12.4. The Kier molecular flexibility index (Phi) is 3.95. The van der Waals surface area contributed by atoms with Crippen molar-refractivity contribution in [2.75, 3.05) is 0 Å². The highest BCUT2D eigenvalue weighted by Crippen LogP contribution is 2.18. The topological polar surface area (TPSA) is 35.2 Å². The van der Waals surface area contributed by atoms with Gasteiger partial charge in [0.2, 0.25) is 0 Å². The van der Waals surface area contributed by atoms with Crippen LogP contribution in [0.5, 0.6) is 5.75 Å². The van der Waals surface area contributed by atoms with Gasteiger partial charge in [-0.15, -0.1) is 0 Å². The Morgan fingerprint density at radius 1 is 1.17 bits per heavy atom. The van der Waals surface area contributed by atoms with Gasteiger partial charge in [-0.2, -0.15) is 0 Å². The predicted molar refractivity (Wildman–Crippen MR) is 69.8 cm³/mol. The fourth-order valence-electron chi connectivity index (χ4n) is 1.76. The first kappa shape index (κ1) is 12.6. The third kappa shape index (κ3) is 2.87. The van der Waals surface area contributed by atoms with Crippen molar-refractivity contribution < 1.29 is 9.13 Å². The zero-order chi connectivity index (χ0) is 13.0. The van der Waals surface area contributed by atoms with Crippen molar-refractivity contribution in [2.45, 2.75) is 20.1 Å². The highest BCUT2D eigenvalue weighted by atomic mass is 19.1. The number of nitrogens with two attached hydrogens (primary N) is 1. The molecule has 0 bridgehead atoms. The number of halogens is 1. The van der Waals surface area contributed by atoms with Gasteiger partial charge in [-0.1, -0.05) is 30.3 Å². The average molecular weight is 245 g/mol. The van der Waals surface area contributed by atoms with Crippen LogP contribution in [-0.4, -0.2) is 0 Å². The summed E-state index contributed by atoms with van der Waals surface area (Å²) in [7, 11) is 0. The molecule has 2 aromatic carbocycles. The molecule has 0 aromatic heterocycles. The number of benzene rings is 2. The van der Waals surface area contributed by atoms with Crippen LogP contribution in [0.15, 0.2) is 42.5 Å². The summed E-state index contributed by atoms with van der Waals surface area (Å²) in [6.45, 7) is 2.88. The van der Waals surface area contributed by atoms with E-state index in [2.05, 4.69) is 0 Å². The number of para-hydroxylation sites is 1. The molecule has 0 aliphatic carbocycles. The van der Waals surface area contributed by atoms with Crippen molar-refractivity contribution >= 4 is 0 Å². The average Bonchev–Trinajstić information content (AvgIpc) is 2.39. The summed E-state index contributed by atoms with van der Waals surface area (Å²) in [4.78, 5) is 0. The van der Waals surface area contributed by atoms with Crippen LogP contribution in [0.25, 0.3) is 0 Å². The number of ether oxygens (including phenoxy) is 1. The van der Waals surface area contributed by atoms with E-state index in [4.69, 9.17) is 10.5 Å². The SMILES string of the molecule is Cc1cc(CN)ccc1COc1ccccc1F. The van der Waals surface area contributed by atoms with Crippen LogP contribution in [0.3, 0.4) is 0 Å². The van der Waals surface area contributed by atoms with Gasteiger partial charge < -0.3 is 10.5 Å². The van der Waals surface area contributed by atoms with Crippen LogP contribution in [0, 0.1) is 12.7 Å². The Morgan fingerprint density at radius 2 is 1.94 bits per heavy atom. The zero-order valence-electron chi connectivity index (χ0n) is 10.3. The zero-order valence-corrected chi connectivity index (χ0v) is 10.3. The number of hydrogen-bond acceptors (Lipinski definition) is 2. The van der Waals surface area contributed by atoms with Gasteiger partial charge in [-0.05, 0) is 35.7 Å². The summed E-state index contributed by atoms with van der Waals surface area (Å²) >= 11 is 0. The minimum Gasteiger partial charge on any atom is -0.486 e. The van der Waals surface area contributed by atoms with E-state index in [1.807, 2.05) is 25.1 Å². The lowest BCUT2D eigenvalue weighted by Gasteiger charge is -2.10. The Labute approximate surface area is 106 Å². The van der Waals surface area contributed by atoms with E-state index in [1.165, 1.54) is 6.07 Å². The summed E-state index contributed by atoms with van der Waals surface area (Å²) in [5.74, 6) is -0.0615. The van der Waals surface area contributed by atoms with E-state index in [1.54, 1.807) is 18.2 Å². The molecule has 3 heteroatoms. The second-order valence-corrected chi connectivity index (χ2v) is 4.18. The van der Waals surface area contributed by atoms with Crippen LogP contribution < -0.4 is 10.5 Å². The number of rotatable bonds is 4. The van der Waals surface area contributed by atoms with Gasteiger partial charge in [0.1, 0.15) is 6.61 Å². The number of hydrogen-bond donors (Lipinski definition) is 1. The fourth-order valence-corrected chi connectivity index (χ4v) is 1.76. The van der Waals surface area contributed by atoms with Crippen LogP contribution in [0.1, 0.15) is 16.7 Å². The van der Waals surface area contributed by atoms with Crippen molar-refractivity contribution in [1.82, 2.24) is 0 Å². The lowest BCUT2D eigenvalue weighted by atomic mass is 10.1. The van der Waals surface area contributed by atoms with Crippen LogP contribution in [-0.2, 0) is 13.2 Å². The lowest BCUT2D eigenvalue weighted by molar-refractivity contribution is 0.289. The largest absolute Gasteiger partial charge is 0.486 e. The minimum absolute atomic E-state index is 0.278. The summed E-state index contributed by atoms with van der Waals surface area (Å²) in [5.41, 5.74) is 8.80. The smallest absolute Gasteiger partial charge is 0.165 e. The molecule has 0 saturated heterocycles. The van der Waals surface area contributed by atoms with Gasteiger partial charge >= 0.3 is 0 Å². The quantitative estimate of drug-likeness (QED) is 0.898. The Morgan fingerprint density at radius 3 is 2.61 bits per heavy atom. The van der Waals surface area contributed by atoms with Gasteiger partial charge in [-0.25, -0.2) is 4.39 Å². The molecule has 0 heterocycles. The fraction of sp³-hybridized carbons (Fsp3) is 0.200. The Balaban J connectivity index is 2.09. The highest BCUT2D eigenvalue weighted by molar-refractivity contribution is 5.31. The molecule has 2 aromatic rings. The van der Waals surface area contributed by atoms with Crippen molar-refractivity contribution in [3.63, 3.8) is 0 Å². The Hall–Kier alpha value is -1.87. The molecule has 0 aliphatic heterocycles. The third-order valence-corrected chi connectivity index (χ3v) is 2.86. The maximum atomic E-state index is 13.4. The molecule has 2 rings (SSSR count). The molecule has 18 heavy (non-hydrogen) atoms.